The van der Waals surface area contributed by atoms with Gasteiger partial charge in [-0.05, 0) is 12.5 Å². The van der Waals surface area contributed by atoms with Gasteiger partial charge in [-0.1, -0.05) is 43.7 Å². The zero-order chi connectivity index (χ0) is 10.6. The summed E-state index contributed by atoms with van der Waals surface area (Å²) in [7, 11) is 0. The molecule has 1 aromatic rings. The Bertz CT molecular complexity index is 264. The van der Waals surface area contributed by atoms with Crippen molar-refractivity contribution in [2.24, 2.45) is 5.73 Å². The normalized spacial score (nSPS) is 13.2. The van der Waals surface area contributed by atoms with Gasteiger partial charge in [0.2, 0.25) is 0 Å². The van der Waals surface area contributed by atoms with Crippen LogP contribution >= 0.6 is 0 Å². The van der Waals surface area contributed by atoms with Gasteiger partial charge >= 0.3 is 0 Å². The molecule has 0 radical (unpaired) electrons. The number of aryl methyl sites for hydroxylation is 1. The molecule has 0 saturated carbocycles. The highest BCUT2D eigenvalue weighted by Crippen LogP contribution is 2.13. The summed E-state index contributed by atoms with van der Waals surface area (Å²) in [5.41, 5.74) is 8.28. The Labute approximate surface area is 86.5 Å². The summed E-state index contributed by atoms with van der Waals surface area (Å²) in [6.07, 6.45) is 0. The lowest BCUT2D eigenvalue weighted by Gasteiger charge is -2.20. The first kappa shape index (κ1) is 11.2. The van der Waals surface area contributed by atoms with Crippen molar-refractivity contribution in [1.82, 2.24) is 5.32 Å². The molecule has 3 N–H and O–H groups in total. The molecule has 0 aliphatic heterocycles. The lowest BCUT2D eigenvalue weighted by Crippen LogP contribution is -2.33. The Kier molecular flexibility index (Phi) is 4.11. The molecule has 2 nitrogen and oxygen atoms in total. The maximum atomic E-state index is 5.73. The Morgan fingerprint density at radius 3 is 2.21 bits per heavy atom. The molecule has 14 heavy (non-hydrogen) atoms. The third-order valence-electron chi connectivity index (χ3n) is 2.25. The van der Waals surface area contributed by atoms with Crippen LogP contribution in [0.15, 0.2) is 24.3 Å². The van der Waals surface area contributed by atoms with E-state index in [0.717, 1.165) is 0 Å². The molecule has 0 aliphatic carbocycles. The highest BCUT2D eigenvalue weighted by Gasteiger charge is 2.09. The molecule has 0 aliphatic rings. The van der Waals surface area contributed by atoms with Crippen LogP contribution in [-0.2, 0) is 0 Å². The monoisotopic (exact) mass is 192 g/mol. The molecular formula is C12H20N2. The van der Waals surface area contributed by atoms with E-state index in [1.165, 1.54) is 11.1 Å². The standard InChI is InChI=1S/C12H20N2/c1-9(2)14-12(8-13)11-6-4-10(3)5-7-11/h4-7,9,12,14H,8,13H2,1-3H3. The van der Waals surface area contributed by atoms with Gasteiger partial charge in [-0.3, -0.25) is 0 Å². The second kappa shape index (κ2) is 5.13. The van der Waals surface area contributed by atoms with Crippen LogP contribution in [0.25, 0.3) is 0 Å². The second-order valence-electron chi connectivity index (χ2n) is 4.02. The smallest absolute Gasteiger partial charge is 0.0446 e. The largest absolute Gasteiger partial charge is 0.329 e. The van der Waals surface area contributed by atoms with Gasteiger partial charge in [-0.2, -0.15) is 0 Å². The first-order chi connectivity index (χ1) is 6.63. The van der Waals surface area contributed by atoms with E-state index in [9.17, 15) is 0 Å². The molecule has 1 rings (SSSR count). The van der Waals surface area contributed by atoms with Crippen molar-refractivity contribution in [2.45, 2.75) is 32.9 Å². The molecule has 0 bridgehead atoms. The van der Waals surface area contributed by atoms with Crippen molar-refractivity contribution < 1.29 is 0 Å². The minimum Gasteiger partial charge on any atom is -0.329 e. The molecule has 0 fully saturated rings. The van der Waals surface area contributed by atoms with Crippen molar-refractivity contribution >= 4 is 0 Å². The van der Waals surface area contributed by atoms with Gasteiger partial charge in [0.05, 0.1) is 0 Å². The average Bonchev–Trinajstić information content (AvgIpc) is 2.15. The fraction of sp³-hybridized carbons (Fsp3) is 0.500. The maximum absolute atomic E-state index is 5.73. The van der Waals surface area contributed by atoms with Crippen LogP contribution in [0.2, 0.25) is 0 Å². The molecule has 1 unspecified atom stereocenters. The van der Waals surface area contributed by atoms with Crippen LogP contribution in [0.4, 0.5) is 0 Å². The third kappa shape index (κ3) is 3.13. The van der Waals surface area contributed by atoms with Gasteiger partial charge < -0.3 is 11.1 Å². The summed E-state index contributed by atoms with van der Waals surface area (Å²) in [4.78, 5) is 0. The average molecular weight is 192 g/mol. The summed E-state index contributed by atoms with van der Waals surface area (Å²) in [6, 6.07) is 9.27. The van der Waals surface area contributed by atoms with E-state index in [2.05, 4.69) is 50.4 Å². The van der Waals surface area contributed by atoms with Crippen LogP contribution in [0.3, 0.4) is 0 Å². The van der Waals surface area contributed by atoms with Crippen LogP contribution < -0.4 is 11.1 Å². The molecule has 78 valence electrons. The van der Waals surface area contributed by atoms with E-state index >= 15 is 0 Å². The minimum atomic E-state index is 0.274. The summed E-state index contributed by atoms with van der Waals surface area (Å²) in [5, 5.41) is 3.44. The van der Waals surface area contributed by atoms with E-state index in [4.69, 9.17) is 5.73 Å². The Balaban J connectivity index is 2.73. The number of hydrogen-bond donors (Lipinski definition) is 2. The molecule has 0 amide bonds. The van der Waals surface area contributed by atoms with E-state index < -0.39 is 0 Å². The zero-order valence-electron chi connectivity index (χ0n) is 9.25. The van der Waals surface area contributed by atoms with Gasteiger partial charge in [-0.25, -0.2) is 0 Å². The Hall–Kier alpha value is -0.860. The predicted molar refractivity (Wildman–Crippen MR) is 61.2 cm³/mol. The molecule has 0 aromatic heterocycles. The fourth-order valence-electron chi connectivity index (χ4n) is 1.50. The molecule has 0 heterocycles. The lowest BCUT2D eigenvalue weighted by molar-refractivity contribution is 0.484. The summed E-state index contributed by atoms with van der Waals surface area (Å²) in [5.74, 6) is 0. The SMILES string of the molecule is Cc1ccc(C(CN)NC(C)C)cc1. The predicted octanol–water partition coefficient (Wildman–Crippen LogP) is 1.99. The van der Waals surface area contributed by atoms with E-state index in [1.54, 1.807) is 0 Å². The number of nitrogens with one attached hydrogen (secondary N) is 1. The van der Waals surface area contributed by atoms with E-state index in [-0.39, 0.29) is 6.04 Å². The number of benzene rings is 1. The van der Waals surface area contributed by atoms with Crippen molar-refractivity contribution in [3.63, 3.8) is 0 Å². The summed E-state index contributed by atoms with van der Waals surface area (Å²) in [6.45, 7) is 7.01. The second-order valence-corrected chi connectivity index (χ2v) is 4.02. The van der Waals surface area contributed by atoms with E-state index in [1.807, 2.05) is 0 Å². The van der Waals surface area contributed by atoms with Crippen LogP contribution in [0, 0.1) is 6.92 Å². The Morgan fingerprint density at radius 1 is 1.21 bits per heavy atom. The third-order valence-corrected chi connectivity index (χ3v) is 2.25. The summed E-state index contributed by atoms with van der Waals surface area (Å²) < 4.78 is 0. The number of rotatable bonds is 4. The van der Waals surface area contributed by atoms with Crippen LogP contribution in [-0.4, -0.2) is 12.6 Å². The lowest BCUT2D eigenvalue weighted by atomic mass is 10.0. The van der Waals surface area contributed by atoms with Gasteiger partial charge in [0.25, 0.3) is 0 Å². The topological polar surface area (TPSA) is 38.0 Å². The van der Waals surface area contributed by atoms with Crippen molar-refractivity contribution in [3.8, 4) is 0 Å². The van der Waals surface area contributed by atoms with Gasteiger partial charge in [-0.15, -0.1) is 0 Å². The number of nitrogens with two attached hydrogens (primary N) is 1. The van der Waals surface area contributed by atoms with Gasteiger partial charge in [0.15, 0.2) is 0 Å². The first-order valence-corrected chi connectivity index (χ1v) is 5.16. The van der Waals surface area contributed by atoms with Crippen LogP contribution in [0.1, 0.15) is 31.0 Å². The highest BCUT2D eigenvalue weighted by molar-refractivity contribution is 5.24. The molecule has 1 atom stereocenters. The minimum absolute atomic E-state index is 0.274. The molecule has 2 heteroatoms. The highest BCUT2D eigenvalue weighted by atomic mass is 15.0. The molecular weight excluding hydrogens is 172 g/mol. The van der Waals surface area contributed by atoms with Crippen molar-refractivity contribution in [1.29, 1.82) is 0 Å². The number of hydrogen-bond acceptors (Lipinski definition) is 2. The van der Waals surface area contributed by atoms with Crippen molar-refractivity contribution in [3.05, 3.63) is 35.4 Å². The molecule has 1 aromatic carbocycles. The van der Waals surface area contributed by atoms with E-state index in [0.29, 0.717) is 12.6 Å². The maximum Gasteiger partial charge on any atom is 0.0446 e. The van der Waals surface area contributed by atoms with Crippen LogP contribution in [0.5, 0.6) is 0 Å². The van der Waals surface area contributed by atoms with Crippen molar-refractivity contribution in [2.75, 3.05) is 6.54 Å². The Morgan fingerprint density at radius 2 is 1.79 bits per heavy atom. The molecule has 0 spiro atoms. The zero-order valence-corrected chi connectivity index (χ0v) is 9.25. The fourth-order valence-corrected chi connectivity index (χ4v) is 1.50. The summed E-state index contributed by atoms with van der Waals surface area (Å²) >= 11 is 0. The van der Waals surface area contributed by atoms with Gasteiger partial charge in [0, 0.05) is 18.6 Å². The first-order valence-electron chi connectivity index (χ1n) is 5.16. The van der Waals surface area contributed by atoms with Gasteiger partial charge in [0.1, 0.15) is 0 Å². The quantitative estimate of drug-likeness (QED) is 0.765. The molecule has 0 saturated heterocycles.